The van der Waals surface area contributed by atoms with Gasteiger partial charge in [-0.25, -0.2) is 4.79 Å². The van der Waals surface area contributed by atoms with Gasteiger partial charge in [-0.05, 0) is 38.6 Å². The average molecular weight is 407 g/mol. The van der Waals surface area contributed by atoms with Gasteiger partial charge in [-0.3, -0.25) is 13.9 Å². The first-order chi connectivity index (χ1) is 13.0. The second-order valence-corrected chi connectivity index (χ2v) is 8.49. The van der Waals surface area contributed by atoms with Gasteiger partial charge in [-0.1, -0.05) is 36.4 Å². The monoisotopic (exact) mass is 407 g/mol. The molecule has 8 heteroatoms. The van der Waals surface area contributed by atoms with Crippen molar-refractivity contribution < 1.29 is 26.9 Å². The minimum absolute atomic E-state index is 0.354. The standard InChI is InChI=1S/C20H25NO6S/c1-13(2)27-20(23)15(4)21(18(22)12-26-28(5,24)25)19-14(3)10-11-16-8-6-7-9-17(16)19/h6-11,13,15H,12H2,1-5H3/t15-/m0/s1. The van der Waals surface area contributed by atoms with Crippen LogP contribution in [0.25, 0.3) is 10.8 Å². The minimum atomic E-state index is -3.82. The zero-order valence-corrected chi connectivity index (χ0v) is 17.4. The molecule has 1 amide bonds. The summed E-state index contributed by atoms with van der Waals surface area (Å²) in [7, 11) is -3.82. The van der Waals surface area contributed by atoms with Crippen molar-refractivity contribution >= 4 is 38.5 Å². The molecule has 2 aromatic rings. The molecule has 28 heavy (non-hydrogen) atoms. The van der Waals surface area contributed by atoms with Crippen molar-refractivity contribution in [1.29, 1.82) is 0 Å². The number of nitrogens with zero attached hydrogens (tertiary/aromatic N) is 1. The molecule has 0 aliphatic heterocycles. The van der Waals surface area contributed by atoms with E-state index in [4.69, 9.17) is 4.74 Å². The summed E-state index contributed by atoms with van der Waals surface area (Å²) in [6.07, 6.45) is 0.511. The van der Waals surface area contributed by atoms with E-state index in [1.54, 1.807) is 20.8 Å². The molecule has 0 aliphatic carbocycles. The van der Waals surface area contributed by atoms with Gasteiger partial charge >= 0.3 is 5.97 Å². The van der Waals surface area contributed by atoms with E-state index in [0.29, 0.717) is 5.69 Å². The highest BCUT2D eigenvalue weighted by Gasteiger charge is 2.31. The van der Waals surface area contributed by atoms with E-state index in [0.717, 1.165) is 22.6 Å². The molecule has 0 saturated carbocycles. The number of hydrogen-bond donors (Lipinski definition) is 0. The Morgan fingerprint density at radius 2 is 1.71 bits per heavy atom. The number of anilines is 1. The van der Waals surface area contributed by atoms with Crippen molar-refractivity contribution in [1.82, 2.24) is 0 Å². The fourth-order valence-electron chi connectivity index (χ4n) is 2.88. The molecule has 0 heterocycles. The zero-order chi connectivity index (χ0) is 21.1. The van der Waals surface area contributed by atoms with E-state index < -0.39 is 34.6 Å². The van der Waals surface area contributed by atoms with E-state index in [2.05, 4.69) is 4.18 Å². The number of benzene rings is 2. The Balaban J connectivity index is 2.57. The first-order valence-electron chi connectivity index (χ1n) is 8.86. The highest BCUT2D eigenvalue weighted by molar-refractivity contribution is 7.86. The van der Waals surface area contributed by atoms with Crippen molar-refractivity contribution in [3.05, 3.63) is 42.0 Å². The number of carbonyl (C=O) groups excluding carboxylic acids is 2. The molecule has 2 rings (SSSR count). The molecular formula is C20H25NO6S. The van der Waals surface area contributed by atoms with Gasteiger partial charge in [0.25, 0.3) is 16.0 Å². The summed E-state index contributed by atoms with van der Waals surface area (Å²) in [5.74, 6) is -1.24. The molecule has 0 bridgehead atoms. The lowest BCUT2D eigenvalue weighted by Crippen LogP contribution is -2.47. The van der Waals surface area contributed by atoms with Crippen molar-refractivity contribution in [3.8, 4) is 0 Å². The van der Waals surface area contributed by atoms with Gasteiger partial charge in [0.05, 0.1) is 18.0 Å². The van der Waals surface area contributed by atoms with Crippen LogP contribution in [0.2, 0.25) is 0 Å². The SMILES string of the molecule is Cc1ccc2ccccc2c1N(C(=O)COS(C)(=O)=O)[C@@H](C)C(=O)OC(C)C. The van der Waals surface area contributed by atoms with E-state index in [1.165, 1.54) is 4.90 Å². The van der Waals surface area contributed by atoms with Crippen molar-refractivity contribution in [2.24, 2.45) is 0 Å². The Hall–Kier alpha value is -2.45. The molecule has 0 unspecified atom stereocenters. The number of esters is 1. The van der Waals surface area contributed by atoms with Gasteiger partial charge in [0.1, 0.15) is 12.6 Å². The molecule has 0 N–H and O–H groups in total. The largest absolute Gasteiger partial charge is 0.461 e. The van der Waals surface area contributed by atoms with Gasteiger partial charge in [0.15, 0.2) is 0 Å². The van der Waals surface area contributed by atoms with Gasteiger partial charge in [0, 0.05) is 5.39 Å². The number of rotatable bonds is 7. The van der Waals surface area contributed by atoms with Crippen LogP contribution in [-0.4, -0.2) is 45.3 Å². The van der Waals surface area contributed by atoms with Gasteiger partial charge < -0.3 is 4.74 Å². The second-order valence-electron chi connectivity index (χ2n) is 6.84. The molecule has 0 aromatic heterocycles. The molecular weight excluding hydrogens is 382 g/mol. The molecule has 0 radical (unpaired) electrons. The maximum absolute atomic E-state index is 12.9. The lowest BCUT2D eigenvalue weighted by molar-refractivity contribution is -0.149. The van der Waals surface area contributed by atoms with Crippen LogP contribution in [0.1, 0.15) is 26.3 Å². The maximum Gasteiger partial charge on any atom is 0.329 e. The van der Waals surface area contributed by atoms with Crippen molar-refractivity contribution in [3.63, 3.8) is 0 Å². The summed E-state index contributed by atoms with van der Waals surface area (Å²) in [5.41, 5.74) is 1.28. The predicted octanol–water partition coefficient (Wildman–Crippen LogP) is 2.80. The zero-order valence-electron chi connectivity index (χ0n) is 16.6. The summed E-state index contributed by atoms with van der Waals surface area (Å²) in [6, 6.07) is 10.2. The third-order valence-electron chi connectivity index (χ3n) is 4.09. The normalized spacial score (nSPS) is 12.8. The lowest BCUT2D eigenvalue weighted by Gasteiger charge is -2.30. The van der Waals surface area contributed by atoms with E-state index in [1.807, 2.05) is 43.3 Å². The molecule has 0 fully saturated rings. The predicted molar refractivity (Wildman–Crippen MR) is 108 cm³/mol. The minimum Gasteiger partial charge on any atom is -0.461 e. The van der Waals surface area contributed by atoms with Crippen LogP contribution in [0.15, 0.2) is 36.4 Å². The highest BCUT2D eigenvalue weighted by atomic mass is 32.2. The Labute approximate surface area is 165 Å². The molecule has 0 saturated heterocycles. The van der Waals surface area contributed by atoms with Gasteiger partial charge in [-0.2, -0.15) is 8.42 Å². The van der Waals surface area contributed by atoms with Crippen molar-refractivity contribution in [2.75, 3.05) is 17.8 Å². The fourth-order valence-corrected chi connectivity index (χ4v) is 3.20. The van der Waals surface area contributed by atoms with Crippen LogP contribution >= 0.6 is 0 Å². The smallest absolute Gasteiger partial charge is 0.329 e. The molecule has 152 valence electrons. The molecule has 7 nitrogen and oxygen atoms in total. The molecule has 2 aromatic carbocycles. The lowest BCUT2D eigenvalue weighted by atomic mass is 10.0. The van der Waals surface area contributed by atoms with E-state index >= 15 is 0 Å². The number of hydrogen-bond acceptors (Lipinski definition) is 6. The Morgan fingerprint density at radius 3 is 2.32 bits per heavy atom. The summed E-state index contributed by atoms with van der Waals surface area (Å²) < 4.78 is 32.6. The molecule has 0 spiro atoms. The van der Waals surface area contributed by atoms with E-state index in [-0.39, 0.29) is 6.10 Å². The van der Waals surface area contributed by atoms with Crippen LogP contribution in [0, 0.1) is 6.92 Å². The topological polar surface area (TPSA) is 90.0 Å². The van der Waals surface area contributed by atoms with Crippen LogP contribution in [0.3, 0.4) is 0 Å². The number of aryl methyl sites for hydroxylation is 1. The maximum atomic E-state index is 12.9. The quantitative estimate of drug-likeness (QED) is 0.518. The summed E-state index contributed by atoms with van der Waals surface area (Å²) in [5, 5.41) is 1.65. The summed E-state index contributed by atoms with van der Waals surface area (Å²) in [4.78, 5) is 26.8. The third-order valence-corrected chi connectivity index (χ3v) is 4.63. The summed E-state index contributed by atoms with van der Waals surface area (Å²) in [6.45, 7) is 6.09. The van der Waals surface area contributed by atoms with Crippen LogP contribution in [0.5, 0.6) is 0 Å². The highest BCUT2D eigenvalue weighted by Crippen LogP contribution is 2.32. The fraction of sp³-hybridized carbons (Fsp3) is 0.400. The van der Waals surface area contributed by atoms with Gasteiger partial charge in [-0.15, -0.1) is 0 Å². The first-order valence-corrected chi connectivity index (χ1v) is 10.7. The van der Waals surface area contributed by atoms with Crippen LogP contribution in [-0.2, 0) is 28.6 Å². The number of ether oxygens (including phenoxy) is 1. The van der Waals surface area contributed by atoms with E-state index in [9.17, 15) is 18.0 Å². The van der Waals surface area contributed by atoms with Gasteiger partial charge in [0.2, 0.25) is 0 Å². The van der Waals surface area contributed by atoms with Crippen molar-refractivity contribution in [2.45, 2.75) is 39.8 Å². The number of carbonyl (C=O) groups is 2. The Kier molecular flexibility index (Phi) is 6.79. The second kappa shape index (κ2) is 8.70. The summed E-state index contributed by atoms with van der Waals surface area (Å²) >= 11 is 0. The average Bonchev–Trinajstić information content (AvgIpc) is 2.60. The van der Waals surface area contributed by atoms with Crippen LogP contribution in [0.4, 0.5) is 5.69 Å². The first kappa shape index (κ1) is 21.8. The Morgan fingerprint density at radius 1 is 1.07 bits per heavy atom. The third kappa shape index (κ3) is 5.30. The Bertz CT molecular complexity index is 983. The molecule has 0 aliphatic rings. The number of fused-ring (bicyclic) bond motifs is 1. The number of amides is 1. The van der Waals surface area contributed by atoms with Crippen LogP contribution < -0.4 is 4.90 Å². The molecule has 1 atom stereocenters.